The predicted molar refractivity (Wildman–Crippen MR) is 87.2 cm³/mol. The fourth-order valence-corrected chi connectivity index (χ4v) is 3.29. The summed E-state index contributed by atoms with van der Waals surface area (Å²) in [6, 6.07) is 3.92. The number of esters is 1. The molecule has 0 saturated carbocycles. The van der Waals surface area contributed by atoms with Crippen LogP contribution >= 0.6 is 31.9 Å². The average molecular weight is 423 g/mol. The van der Waals surface area contributed by atoms with Crippen molar-refractivity contribution in [3.05, 3.63) is 26.6 Å². The van der Waals surface area contributed by atoms with Crippen LogP contribution in [0.4, 0.5) is 0 Å². The third kappa shape index (κ3) is 5.67. The number of hydrogen-bond donors (Lipinski definition) is 1. The second-order valence-electron chi connectivity index (χ2n) is 4.28. The summed E-state index contributed by atoms with van der Waals surface area (Å²) < 4.78 is 12.2. The van der Waals surface area contributed by atoms with E-state index in [2.05, 4.69) is 37.0 Å². The first-order valence-corrected chi connectivity index (χ1v) is 8.04. The second kappa shape index (κ2) is 9.04. The third-order valence-electron chi connectivity index (χ3n) is 2.58. The lowest BCUT2D eigenvalue weighted by Crippen LogP contribution is -2.18. The Hall–Kier alpha value is -1.08. The molecule has 1 N–H and O–H groups in total. The molecule has 0 fully saturated rings. The van der Waals surface area contributed by atoms with Gasteiger partial charge in [0.25, 0.3) is 0 Å². The Kier molecular flexibility index (Phi) is 7.74. The van der Waals surface area contributed by atoms with Crippen molar-refractivity contribution in [3.63, 3.8) is 0 Å². The number of halogens is 2. The van der Waals surface area contributed by atoms with Crippen LogP contribution < -0.4 is 4.74 Å². The van der Waals surface area contributed by atoms with Gasteiger partial charge >= 0.3 is 5.97 Å². The molecule has 0 aliphatic carbocycles. The van der Waals surface area contributed by atoms with Crippen molar-refractivity contribution in [2.45, 2.75) is 26.7 Å². The second-order valence-corrected chi connectivity index (χ2v) is 5.99. The van der Waals surface area contributed by atoms with E-state index in [0.717, 1.165) is 14.5 Å². The molecule has 0 unspecified atom stereocenters. The molecule has 0 aliphatic rings. The lowest BCUT2D eigenvalue weighted by molar-refractivity contribution is -0.135. The number of benzene rings is 1. The van der Waals surface area contributed by atoms with E-state index in [1.807, 2.05) is 19.1 Å². The van der Waals surface area contributed by atoms with Crippen LogP contribution in [0.25, 0.3) is 0 Å². The number of hydrogen-bond acceptors (Lipinski definition) is 5. The van der Waals surface area contributed by atoms with Crippen LogP contribution in [0.2, 0.25) is 0 Å². The summed E-state index contributed by atoms with van der Waals surface area (Å²) in [5, 5.41) is 11.8. The van der Waals surface area contributed by atoms with Crippen LogP contribution in [0.15, 0.2) is 26.2 Å². The molecule has 0 aromatic heterocycles. The Morgan fingerprint density at radius 3 is 2.48 bits per heavy atom. The number of rotatable bonds is 7. The molecule has 0 heterocycles. The van der Waals surface area contributed by atoms with Gasteiger partial charge in [-0.3, -0.25) is 0 Å². The van der Waals surface area contributed by atoms with Crippen LogP contribution in [-0.2, 0) is 9.53 Å². The summed E-state index contributed by atoms with van der Waals surface area (Å²) in [6.45, 7) is 4.32. The number of nitrogens with zero attached hydrogens (tertiary/aromatic N) is 1. The molecular weight excluding hydrogens is 406 g/mol. The Morgan fingerprint density at radius 2 is 1.95 bits per heavy atom. The molecule has 0 aliphatic heterocycles. The van der Waals surface area contributed by atoms with Gasteiger partial charge in [-0.1, -0.05) is 5.16 Å². The number of ether oxygens (including phenoxy) is 2. The summed E-state index contributed by atoms with van der Waals surface area (Å²) >= 11 is 6.89. The van der Waals surface area contributed by atoms with E-state index in [1.165, 1.54) is 0 Å². The molecule has 21 heavy (non-hydrogen) atoms. The lowest BCUT2D eigenvalue weighted by Gasteiger charge is -2.11. The molecule has 116 valence electrons. The smallest absolute Gasteiger partial charge is 0.356 e. The molecule has 5 nitrogen and oxygen atoms in total. The number of carbonyl (C=O) groups is 1. The van der Waals surface area contributed by atoms with Gasteiger partial charge in [-0.2, -0.15) is 0 Å². The molecule has 1 aromatic rings. The van der Waals surface area contributed by atoms with Gasteiger partial charge in [0.15, 0.2) is 5.71 Å². The molecule has 0 amide bonds. The van der Waals surface area contributed by atoms with Crippen molar-refractivity contribution in [2.75, 3.05) is 13.2 Å². The van der Waals surface area contributed by atoms with Crippen molar-refractivity contribution >= 4 is 43.5 Å². The van der Waals surface area contributed by atoms with Crippen molar-refractivity contribution in [1.82, 2.24) is 0 Å². The van der Waals surface area contributed by atoms with E-state index in [-0.39, 0.29) is 18.7 Å². The van der Waals surface area contributed by atoms with Crippen LogP contribution in [0.5, 0.6) is 5.75 Å². The highest BCUT2D eigenvalue weighted by Crippen LogP contribution is 2.34. The molecule has 0 saturated heterocycles. The van der Waals surface area contributed by atoms with Crippen LogP contribution in [0, 0.1) is 6.92 Å². The first-order chi connectivity index (χ1) is 9.99. The maximum Gasteiger partial charge on any atom is 0.356 e. The van der Waals surface area contributed by atoms with E-state index >= 15 is 0 Å². The Morgan fingerprint density at radius 1 is 1.33 bits per heavy atom. The van der Waals surface area contributed by atoms with Crippen molar-refractivity contribution < 1.29 is 19.5 Å². The molecule has 1 rings (SSSR count). The Labute approximate surface area is 140 Å². The number of aryl methyl sites for hydroxylation is 1. The summed E-state index contributed by atoms with van der Waals surface area (Å²) in [5.74, 6) is 0.108. The maximum absolute atomic E-state index is 11.4. The standard InChI is InChI=1S/C14H17Br2NO4/c1-3-20-14(18)12(17-19)5-4-6-21-13-10(15)7-9(2)8-11(13)16/h7-8,19H,3-6H2,1-2H3/b17-12+. The topological polar surface area (TPSA) is 68.1 Å². The molecule has 0 radical (unpaired) electrons. The minimum atomic E-state index is -0.599. The minimum Gasteiger partial charge on any atom is -0.491 e. The largest absolute Gasteiger partial charge is 0.491 e. The molecule has 0 spiro atoms. The highest BCUT2D eigenvalue weighted by atomic mass is 79.9. The van der Waals surface area contributed by atoms with Crippen molar-refractivity contribution in [3.8, 4) is 5.75 Å². The zero-order valence-electron chi connectivity index (χ0n) is 11.9. The Bertz CT molecular complexity index is 509. The molecule has 0 bridgehead atoms. The predicted octanol–water partition coefficient (Wildman–Crippen LogP) is 4.07. The zero-order chi connectivity index (χ0) is 15.8. The SMILES string of the molecule is CCOC(=O)/C(CCCOc1c(Br)cc(C)cc1Br)=N/O. The Balaban J connectivity index is 2.49. The van der Waals surface area contributed by atoms with Crippen LogP contribution in [0.3, 0.4) is 0 Å². The van der Waals surface area contributed by atoms with Gasteiger partial charge in [-0.05, 0) is 69.8 Å². The van der Waals surface area contributed by atoms with Crippen molar-refractivity contribution in [2.24, 2.45) is 5.16 Å². The molecule has 1 aromatic carbocycles. The fourth-order valence-electron chi connectivity index (χ4n) is 1.65. The fraction of sp³-hybridized carbons (Fsp3) is 0.429. The summed E-state index contributed by atoms with van der Waals surface area (Å²) in [5.41, 5.74) is 1.11. The van der Waals surface area contributed by atoms with Crippen LogP contribution in [-0.4, -0.2) is 30.1 Å². The average Bonchev–Trinajstić information content (AvgIpc) is 2.41. The first-order valence-electron chi connectivity index (χ1n) is 6.46. The third-order valence-corrected chi connectivity index (χ3v) is 3.76. The highest BCUT2D eigenvalue weighted by Gasteiger charge is 2.13. The van der Waals surface area contributed by atoms with Gasteiger partial charge in [0.2, 0.25) is 0 Å². The van der Waals surface area contributed by atoms with Crippen molar-refractivity contribution in [1.29, 1.82) is 0 Å². The minimum absolute atomic E-state index is 0.00230. The van der Waals surface area contributed by atoms with Gasteiger partial charge in [0.05, 0.1) is 22.2 Å². The van der Waals surface area contributed by atoms with E-state index in [0.29, 0.717) is 18.8 Å². The number of carbonyl (C=O) groups excluding carboxylic acids is 1. The highest BCUT2D eigenvalue weighted by molar-refractivity contribution is 9.11. The van der Waals surface area contributed by atoms with Gasteiger partial charge in [0, 0.05) is 6.42 Å². The van der Waals surface area contributed by atoms with E-state index < -0.39 is 5.97 Å². The van der Waals surface area contributed by atoms with Gasteiger partial charge in [0.1, 0.15) is 5.75 Å². The quantitative estimate of drug-likeness (QED) is 0.236. The monoisotopic (exact) mass is 421 g/mol. The van der Waals surface area contributed by atoms with E-state index in [4.69, 9.17) is 14.7 Å². The maximum atomic E-state index is 11.4. The lowest BCUT2D eigenvalue weighted by atomic mass is 10.2. The number of oxime groups is 1. The molecule has 0 atom stereocenters. The summed E-state index contributed by atoms with van der Waals surface area (Å²) in [4.78, 5) is 11.4. The normalized spacial score (nSPS) is 11.3. The summed E-state index contributed by atoms with van der Waals surface area (Å²) in [6.07, 6.45) is 0.821. The zero-order valence-corrected chi connectivity index (χ0v) is 15.0. The molecular formula is C14H17Br2NO4. The summed E-state index contributed by atoms with van der Waals surface area (Å²) in [7, 11) is 0. The van der Waals surface area contributed by atoms with Gasteiger partial charge < -0.3 is 14.7 Å². The van der Waals surface area contributed by atoms with Gasteiger partial charge in [-0.15, -0.1) is 0 Å². The molecule has 7 heteroatoms. The van der Waals surface area contributed by atoms with Gasteiger partial charge in [-0.25, -0.2) is 4.79 Å². The van der Waals surface area contributed by atoms with Crippen LogP contribution in [0.1, 0.15) is 25.3 Å². The van der Waals surface area contributed by atoms with E-state index in [9.17, 15) is 4.79 Å². The first kappa shape index (κ1) is 18.0. The van der Waals surface area contributed by atoms with E-state index in [1.54, 1.807) is 6.92 Å².